The minimum atomic E-state index is -0.298. The van der Waals surface area contributed by atoms with E-state index in [2.05, 4.69) is 5.32 Å². The number of ether oxygens (including phenoxy) is 1. The highest BCUT2D eigenvalue weighted by Gasteiger charge is 2.10. The monoisotopic (exact) mass is 345 g/mol. The van der Waals surface area contributed by atoms with Gasteiger partial charge in [0.25, 0.3) is 5.91 Å². The van der Waals surface area contributed by atoms with E-state index in [1.54, 1.807) is 24.3 Å². The largest absolute Gasteiger partial charge is 0.426 e. The number of hydrogen-bond acceptors (Lipinski definition) is 3. The maximum absolute atomic E-state index is 11.9. The summed E-state index contributed by atoms with van der Waals surface area (Å²) >= 11 is 5.78. The minimum Gasteiger partial charge on any atom is -0.426 e. The number of esters is 1. The molecule has 2 rings (SSSR count). The summed E-state index contributed by atoms with van der Waals surface area (Å²) < 4.78 is 5.41. The normalized spacial score (nSPS) is 10.3. The molecule has 0 spiro atoms. The van der Waals surface area contributed by atoms with Crippen LogP contribution in [0.15, 0.2) is 42.5 Å². The minimum absolute atomic E-state index is 0.185. The van der Waals surface area contributed by atoms with E-state index < -0.39 is 0 Å². The summed E-state index contributed by atoms with van der Waals surface area (Å²) in [5, 5.41) is 3.35. The van der Waals surface area contributed by atoms with Crippen molar-refractivity contribution in [2.75, 3.05) is 6.54 Å². The first-order valence-electron chi connectivity index (χ1n) is 7.78. The number of carbonyl (C=O) groups is 2. The van der Waals surface area contributed by atoms with Gasteiger partial charge in [-0.3, -0.25) is 9.59 Å². The topological polar surface area (TPSA) is 55.4 Å². The molecule has 0 aliphatic rings. The average molecular weight is 346 g/mol. The third kappa shape index (κ3) is 5.10. The van der Waals surface area contributed by atoms with Crippen molar-refractivity contribution in [3.8, 4) is 5.75 Å². The Morgan fingerprint density at radius 2 is 1.67 bits per heavy atom. The molecule has 0 radical (unpaired) electrons. The first kappa shape index (κ1) is 18.0. The third-order valence-corrected chi connectivity index (χ3v) is 3.83. The lowest BCUT2D eigenvalue weighted by Crippen LogP contribution is -2.25. The molecule has 0 saturated heterocycles. The maximum atomic E-state index is 11.9. The van der Waals surface area contributed by atoms with Crippen LogP contribution in [0.4, 0.5) is 0 Å². The Balaban J connectivity index is 1.75. The number of rotatable bonds is 6. The highest BCUT2D eigenvalue weighted by molar-refractivity contribution is 6.30. The first-order chi connectivity index (χ1) is 11.5. The number of nitrogens with one attached hydrogen (secondary N) is 1. The zero-order valence-corrected chi connectivity index (χ0v) is 14.5. The molecular formula is C19H20ClNO3. The van der Waals surface area contributed by atoms with Crippen LogP contribution in [0, 0.1) is 13.8 Å². The molecule has 0 atom stereocenters. The maximum Gasteiger partial charge on any atom is 0.311 e. The van der Waals surface area contributed by atoms with Crippen molar-refractivity contribution in [2.45, 2.75) is 26.7 Å². The molecule has 0 heterocycles. The van der Waals surface area contributed by atoms with Gasteiger partial charge in [-0.15, -0.1) is 0 Å². The van der Waals surface area contributed by atoms with Crippen molar-refractivity contribution in [1.82, 2.24) is 5.32 Å². The summed E-state index contributed by atoms with van der Waals surface area (Å²) in [6, 6.07) is 12.4. The van der Waals surface area contributed by atoms with Gasteiger partial charge in [-0.25, -0.2) is 0 Å². The fraction of sp³-hybridized carbons (Fsp3) is 0.263. The smallest absolute Gasteiger partial charge is 0.311 e. The quantitative estimate of drug-likeness (QED) is 0.487. The molecule has 0 bridgehead atoms. The van der Waals surface area contributed by atoms with Gasteiger partial charge in [0.2, 0.25) is 0 Å². The summed E-state index contributed by atoms with van der Waals surface area (Å²) in [5.41, 5.74) is 2.40. The van der Waals surface area contributed by atoms with Crippen molar-refractivity contribution in [2.24, 2.45) is 0 Å². The van der Waals surface area contributed by atoms with Crippen molar-refractivity contribution in [3.05, 3.63) is 64.2 Å². The fourth-order valence-electron chi connectivity index (χ4n) is 2.26. The van der Waals surface area contributed by atoms with Crippen molar-refractivity contribution >= 4 is 23.5 Å². The summed E-state index contributed by atoms with van der Waals surface area (Å²) in [5.74, 6) is 0.135. The van der Waals surface area contributed by atoms with Crippen LogP contribution in [0.2, 0.25) is 5.02 Å². The van der Waals surface area contributed by atoms with E-state index in [-0.39, 0.29) is 18.3 Å². The van der Waals surface area contributed by atoms with Gasteiger partial charge in [0.05, 0.1) is 0 Å². The standard InChI is InChI=1S/C19H20ClNO3/c1-13-5-3-6-14(2)18(13)24-17(22)7-4-12-21-19(23)15-8-10-16(20)11-9-15/h3,5-6,8-11H,4,7,12H2,1-2H3,(H,21,23). The summed E-state index contributed by atoms with van der Waals surface area (Å²) in [6.45, 7) is 4.22. The number of para-hydroxylation sites is 1. The molecule has 0 unspecified atom stereocenters. The van der Waals surface area contributed by atoms with E-state index in [9.17, 15) is 9.59 Å². The second-order valence-corrected chi connectivity index (χ2v) is 6.00. The number of hydrogen-bond donors (Lipinski definition) is 1. The van der Waals surface area contributed by atoms with Crippen LogP contribution in [-0.2, 0) is 4.79 Å². The van der Waals surface area contributed by atoms with Gasteiger partial charge in [0.15, 0.2) is 0 Å². The van der Waals surface area contributed by atoms with Crippen LogP contribution in [0.1, 0.15) is 34.3 Å². The van der Waals surface area contributed by atoms with Crippen LogP contribution >= 0.6 is 11.6 Å². The van der Waals surface area contributed by atoms with Gasteiger partial charge in [-0.1, -0.05) is 29.8 Å². The molecule has 0 fully saturated rings. The first-order valence-corrected chi connectivity index (χ1v) is 8.16. The highest BCUT2D eigenvalue weighted by atomic mass is 35.5. The van der Waals surface area contributed by atoms with Crippen LogP contribution in [0.25, 0.3) is 0 Å². The van der Waals surface area contributed by atoms with E-state index in [1.165, 1.54) is 0 Å². The molecular weight excluding hydrogens is 326 g/mol. The van der Waals surface area contributed by atoms with Gasteiger partial charge in [0.1, 0.15) is 5.75 Å². The molecule has 4 nitrogen and oxygen atoms in total. The Hall–Kier alpha value is -2.33. The summed E-state index contributed by atoms with van der Waals surface area (Å²) in [7, 11) is 0. The van der Waals surface area contributed by atoms with Gasteiger partial charge < -0.3 is 10.1 Å². The van der Waals surface area contributed by atoms with Crippen molar-refractivity contribution in [3.63, 3.8) is 0 Å². The predicted molar refractivity (Wildman–Crippen MR) is 94.6 cm³/mol. The van der Waals surface area contributed by atoms with E-state index in [4.69, 9.17) is 16.3 Å². The molecule has 5 heteroatoms. The molecule has 1 amide bonds. The van der Waals surface area contributed by atoms with E-state index in [0.29, 0.717) is 29.3 Å². The summed E-state index contributed by atoms with van der Waals surface area (Å²) in [6.07, 6.45) is 0.762. The lowest BCUT2D eigenvalue weighted by atomic mass is 10.1. The Bertz CT molecular complexity index is 706. The van der Waals surface area contributed by atoms with Crippen LogP contribution in [0.3, 0.4) is 0 Å². The van der Waals surface area contributed by atoms with Crippen molar-refractivity contribution < 1.29 is 14.3 Å². The van der Waals surface area contributed by atoms with Crippen molar-refractivity contribution in [1.29, 1.82) is 0 Å². The molecule has 1 N–H and O–H groups in total. The van der Waals surface area contributed by atoms with Crippen LogP contribution in [0.5, 0.6) is 5.75 Å². The molecule has 0 saturated carbocycles. The molecule has 0 aliphatic carbocycles. The third-order valence-electron chi connectivity index (χ3n) is 3.57. The zero-order valence-electron chi connectivity index (χ0n) is 13.8. The van der Waals surface area contributed by atoms with Gasteiger partial charge in [-0.05, 0) is 55.7 Å². The second-order valence-electron chi connectivity index (χ2n) is 5.56. The molecule has 24 heavy (non-hydrogen) atoms. The Morgan fingerprint density at radius 1 is 1.04 bits per heavy atom. The lowest BCUT2D eigenvalue weighted by molar-refractivity contribution is -0.134. The second kappa shape index (κ2) is 8.50. The van der Waals surface area contributed by atoms with Gasteiger partial charge in [0, 0.05) is 23.6 Å². The number of halogens is 1. The molecule has 0 aliphatic heterocycles. The van der Waals surface area contributed by atoms with Gasteiger partial charge in [-0.2, -0.15) is 0 Å². The summed E-state index contributed by atoms with van der Waals surface area (Å²) in [4.78, 5) is 23.8. The molecule has 2 aromatic carbocycles. The van der Waals surface area contributed by atoms with Crippen LogP contribution in [-0.4, -0.2) is 18.4 Å². The zero-order chi connectivity index (χ0) is 17.5. The molecule has 0 aromatic heterocycles. The lowest BCUT2D eigenvalue weighted by Gasteiger charge is -2.10. The fourth-order valence-corrected chi connectivity index (χ4v) is 2.39. The molecule has 126 valence electrons. The number of carbonyl (C=O) groups excluding carboxylic acids is 2. The Morgan fingerprint density at radius 3 is 2.29 bits per heavy atom. The van der Waals surface area contributed by atoms with E-state index >= 15 is 0 Å². The average Bonchev–Trinajstić information content (AvgIpc) is 2.55. The SMILES string of the molecule is Cc1cccc(C)c1OC(=O)CCCNC(=O)c1ccc(Cl)cc1. The van der Waals surface area contributed by atoms with E-state index in [1.807, 2.05) is 32.0 Å². The number of benzene rings is 2. The Labute approximate surface area is 146 Å². The molecule has 2 aromatic rings. The predicted octanol–water partition coefficient (Wildman–Crippen LogP) is 4.07. The van der Waals surface area contributed by atoms with Gasteiger partial charge >= 0.3 is 5.97 Å². The van der Waals surface area contributed by atoms with Crippen LogP contribution < -0.4 is 10.1 Å². The highest BCUT2D eigenvalue weighted by Crippen LogP contribution is 2.22. The number of amides is 1. The number of aryl methyl sites for hydroxylation is 2. The Kier molecular flexibility index (Phi) is 6.38. The van der Waals surface area contributed by atoms with E-state index in [0.717, 1.165) is 11.1 Å².